The first kappa shape index (κ1) is 10.9. The van der Waals surface area contributed by atoms with Crippen molar-refractivity contribution in [1.82, 2.24) is 4.72 Å². The first-order valence-electron chi connectivity index (χ1n) is 4.72. The van der Waals surface area contributed by atoms with Gasteiger partial charge in [0.15, 0.2) is 0 Å². The lowest BCUT2D eigenvalue weighted by Crippen LogP contribution is -2.46. The first-order chi connectivity index (χ1) is 5.99. The van der Waals surface area contributed by atoms with Gasteiger partial charge >= 0.3 is 0 Å². The highest BCUT2D eigenvalue weighted by Gasteiger charge is 2.22. The van der Waals surface area contributed by atoms with Gasteiger partial charge in [0.1, 0.15) is 0 Å². The van der Waals surface area contributed by atoms with Crippen molar-refractivity contribution >= 4 is 10.0 Å². The average Bonchev–Trinajstić information content (AvgIpc) is 2.14. The van der Waals surface area contributed by atoms with Crippen LogP contribution in [0.1, 0.15) is 32.1 Å². The van der Waals surface area contributed by atoms with Crippen molar-refractivity contribution in [2.24, 2.45) is 5.73 Å². The minimum absolute atomic E-state index is 0.0165. The van der Waals surface area contributed by atoms with Crippen LogP contribution < -0.4 is 10.5 Å². The van der Waals surface area contributed by atoms with Gasteiger partial charge in [0.05, 0.1) is 6.26 Å². The van der Waals surface area contributed by atoms with Crippen molar-refractivity contribution in [3.05, 3.63) is 0 Å². The van der Waals surface area contributed by atoms with Crippen LogP contribution in [0.25, 0.3) is 0 Å². The summed E-state index contributed by atoms with van der Waals surface area (Å²) in [7, 11) is -3.10. The molecule has 1 fully saturated rings. The molecule has 1 saturated carbocycles. The Balaban J connectivity index is 2.55. The topological polar surface area (TPSA) is 72.2 Å². The van der Waals surface area contributed by atoms with E-state index in [4.69, 9.17) is 5.73 Å². The zero-order valence-electron chi connectivity index (χ0n) is 7.99. The molecule has 1 rings (SSSR count). The van der Waals surface area contributed by atoms with Gasteiger partial charge in [-0.1, -0.05) is 19.3 Å². The van der Waals surface area contributed by atoms with Gasteiger partial charge in [-0.25, -0.2) is 13.1 Å². The van der Waals surface area contributed by atoms with Gasteiger partial charge in [-0.05, 0) is 12.8 Å². The average molecular weight is 206 g/mol. The second-order valence-corrected chi connectivity index (χ2v) is 5.58. The lowest BCUT2D eigenvalue weighted by atomic mass is 10.1. The number of rotatable bonds is 2. The van der Waals surface area contributed by atoms with Crippen LogP contribution in [0.3, 0.4) is 0 Å². The van der Waals surface area contributed by atoms with Crippen molar-refractivity contribution < 1.29 is 8.42 Å². The highest BCUT2D eigenvalue weighted by atomic mass is 32.2. The van der Waals surface area contributed by atoms with Gasteiger partial charge in [0.2, 0.25) is 10.0 Å². The lowest BCUT2D eigenvalue weighted by Gasteiger charge is -2.21. The minimum atomic E-state index is -3.10. The fourth-order valence-electron chi connectivity index (χ4n) is 1.76. The predicted octanol–water partition coefficient (Wildman–Crippen LogP) is 0.196. The number of nitrogens with two attached hydrogens (primary N) is 1. The zero-order valence-corrected chi connectivity index (χ0v) is 8.81. The summed E-state index contributed by atoms with van der Waals surface area (Å²) >= 11 is 0. The number of nitrogens with one attached hydrogen (secondary N) is 1. The van der Waals surface area contributed by atoms with E-state index < -0.39 is 10.0 Å². The largest absolute Gasteiger partial charge is 0.326 e. The molecule has 4 nitrogen and oxygen atoms in total. The molecule has 0 aliphatic heterocycles. The summed E-state index contributed by atoms with van der Waals surface area (Å²) < 4.78 is 24.6. The van der Waals surface area contributed by atoms with Gasteiger partial charge in [-0.15, -0.1) is 0 Å². The van der Waals surface area contributed by atoms with Crippen LogP contribution in [0.4, 0.5) is 0 Å². The summed E-state index contributed by atoms with van der Waals surface area (Å²) in [6, 6.07) is -0.0743. The van der Waals surface area contributed by atoms with Crippen LogP contribution >= 0.6 is 0 Å². The van der Waals surface area contributed by atoms with Crippen molar-refractivity contribution in [1.29, 1.82) is 0 Å². The van der Waals surface area contributed by atoms with E-state index in [1.165, 1.54) is 6.26 Å². The summed E-state index contributed by atoms with van der Waals surface area (Å²) in [5, 5.41) is 0. The van der Waals surface area contributed by atoms with E-state index >= 15 is 0 Å². The Bertz CT molecular complexity index is 251. The molecule has 13 heavy (non-hydrogen) atoms. The summed E-state index contributed by atoms with van der Waals surface area (Å²) in [6.45, 7) is 0. The molecule has 0 bridgehead atoms. The number of hydrogen-bond acceptors (Lipinski definition) is 3. The quantitative estimate of drug-likeness (QED) is 0.634. The molecular weight excluding hydrogens is 188 g/mol. The van der Waals surface area contributed by atoms with E-state index in [0.717, 1.165) is 32.1 Å². The van der Waals surface area contributed by atoms with Gasteiger partial charge in [0.25, 0.3) is 0 Å². The fraction of sp³-hybridized carbons (Fsp3) is 1.00. The molecule has 0 aromatic carbocycles. The molecule has 0 spiro atoms. The van der Waals surface area contributed by atoms with E-state index in [1.54, 1.807) is 0 Å². The Morgan fingerprint density at radius 2 is 1.85 bits per heavy atom. The molecule has 1 aliphatic rings. The molecular formula is C8H18N2O2S. The minimum Gasteiger partial charge on any atom is -0.326 e. The fourth-order valence-corrected chi connectivity index (χ4v) is 2.60. The first-order valence-corrected chi connectivity index (χ1v) is 6.61. The van der Waals surface area contributed by atoms with Gasteiger partial charge < -0.3 is 5.73 Å². The van der Waals surface area contributed by atoms with Crippen molar-refractivity contribution in [3.63, 3.8) is 0 Å². The third-order valence-electron chi connectivity index (χ3n) is 2.43. The van der Waals surface area contributed by atoms with Crippen LogP contribution in [0.5, 0.6) is 0 Å². The molecule has 0 aromatic heterocycles. The zero-order chi connectivity index (χ0) is 9.90. The van der Waals surface area contributed by atoms with Crippen molar-refractivity contribution in [2.45, 2.75) is 44.2 Å². The van der Waals surface area contributed by atoms with E-state index in [2.05, 4.69) is 4.72 Å². The molecule has 78 valence electrons. The highest BCUT2D eigenvalue weighted by Crippen LogP contribution is 2.16. The van der Waals surface area contributed by atoms with Crippen LogP contribution in [0, 0.1) is 0 Å². The molecule has 0 saturated heterocycles. The maximum Gasteiger partial charge on any atom is 0.209 e. The summed E-state index contributed by atoms with van der Waals surface area (Å²) in [5.41, 5.74) is 5.86. The Labute approximate surface area is 79.9 Å². The van der Waals surface area contributed by atoms with Crippen molar-refractivity contribution in [3.8, 4) is 0 Å². The SMILES string of the molecule is CS(=O)(=O)N[C@@H]1CCCCC[C@H]1N. The molecule has 2 atom stereocenters. The highest BCUT2D eigenvalue weighted by molar-refractivity contribution is 7.88. The van der Waals surface area contributed by atoms with E-state index in [0.29, 0.717) is 0 Å². The van der Waals surface area contributed by atoms with Gasteiger partial charge in [0, 0.05) is 12.1 Å². The molecule has 5 heteroatoms. The van der Waals surface area contributed by atoms with Crippen LogP contribution in [0.15, 0.2) is 0 Å². The maximum atomic E-state index is 11.0. The molecule has 0 radical (unpaired) electrons. The molecule has 0 aromatic rings. The third-order valence-corrected chi connectivity index (χ3v) is 3.17. The van der Waals surface area contributed by atoms with E-state index in [9.17, 15) is 8.42 Å². The predicted molar refractivity (Wildman–Crippen MR) is 52.8 cm³/mol. The van der Waals surface area contributed by atoms with Crippen LogP contribution in [0.2, 0.25) is 0 Å². The van der Waals surface area contributed by atoms with Crippen molar-refractivity contribution in [2.75, 3.05) is 6.26 Å². The molecule has 0 amide bonds. The summed E-state index contributed by atoms with van der Waals surface area (Å²) in [4.78, 5) is 0. The second kappa shape index (κ2) is 4.39. The third kappa shape index (κ3) is 4.06. The lowest BCUT2D eigenvalue weighted by molar-refractivity contribution is 0.458. The van der Waals surface area contributed by atoms with Gasteiger partial charge in [-0.2, -0.15) is 0 Å². The molecule has 0 unspecified atom stereocenters. The second-order valence-electron chi connectivity index (χ2n) is 3.80. The Morgan fingerprint density at radius 3 is 2.46 bits per heavy atom. The Kier molecular flexibility index (Phi) is 3.70. The normalized spacial score (nSPS) is 31.2. The number of hydrogen-bond donors (Lipinski definition) is 2. The van der Waals surface area contributed by atoms with E-state index in [-0.39, 0.29) is 12.1 Å². The molecule has 3 N–H and O–H groups in total. The molecule has 0 heterocycles. The maximum absolute atomic E-state index is 11.0. The van der Waals surface area contributed by atoms with E-state index in [1.807, 2.05) is 0 Å². The van der Waals surface area contributed by atoms with Crippen LogP contribution in [-0.4, -0.2) is 26.8 Å². The smallest absolute Gasteiger partial charge is 0.209 e. The Hall–Kier alpha value is -0.130. The van der Waals surface area contributed by atoms with Gasteiger partial charge in [-0.3, -0.25) is 0 Å². The van der Waals surface area contributed by atoms with Crippen LogP contribution in [-0.2, 0) is 10.0 Å². The molecule has 1 aliphatic carbocycles. The monoisotopic (exact) mass is 206 g/mol. The summed E-state index contributed by atoms with van der Waals surface area (Å²) in [6.07, 6.45) is 6.33. The summed E-state index contributed by atoms with van der Waals surface area (Å²) in [5.74, 6) is 0. The number of sulfonamides is 1. The Morgan fingerprint density at radius 1 is 1.23 bits per heavy atom. The standard InChI is InChI=1S/C8H18N2O2S/c1-13(11,12)10-8-6-4-2-3-5-7(8)9/h7-8,10H,2-6,9H2,1H3/t7-,8-/m1/s1.